The second kappa shape index (κ2) is 12.1. The number of halogens is 1. The maximum atomic E-state index is 14.5. The predicted molar refractivity (Wildman–Crippen MR) is 145 cm³/mol. The van der Waals surface area contributed by atoms with Crippen LogP contribution in [0.3, 0.4) is 0 Å². The van der Waals surface area contributed by atoms with Crippen molar-refractivity contribution in [1.82, 2.24) is 24.0 Å². The third kappa shape index (κ3) is 6.11. The lowest BCUT2D eigenvalue weighted by atomic mass is 10.1. The first-order chi connectivity index (χ1) is 18.7. The number of carbonyl (C=O) groups excluding carboxylic acids is 2. The molecule has 0 saturated carbocycles. The van der Waals surface area contributed by atoms with Gasteiger partial charge in [0.15, 0.2) is 16.3 Å². The zero-order chi connectivity index (χ0) is 28.1. The fourth-order valence-corrected chi connectivity index (χ4v) is 4.94. The third-order valence-corrected chi connectivity index (χ3v) is 7.10. The number of aromatic nitrogens is 4. The van der Waals surface area contributed by atoms with E-state index < -0.39 is 35.0 Å². The number of ether oxygens (including phenoxy) is 1. The number of amides is 1. The summed E-state index contributed by atoms with van der Waals surface area (Å²) in [7, 11) is 2.84. The van der Waals surface area contributed by atoms with Crippen LogP contribution in [0.2, 0.25) is 0 Å². The topological polar surface area (TPSA) is 117 Å². The zero-order valence-electron chi connectivity index (χ0n) is 21.7. The van der Waals surface area contributed by atoms with Gasteiger partial charge in [-0.3, -0.25) is 18.7 Å². The molecular formula is C27H28FN5O5S. The number of carbonyl (C=O) groups is 2. The predicted octanol–water partition coefficient (Wildman–Crippen LogP) is 2.00. The summed E-state index contributed by atoms with van der Waals surface area (Å²) in [6.07, 6.45) is 0.250. The molecule has 1 amide bonds. The number of nitrogens with zero attached hydrogens (tertiary/aromatic N) is 4. The molecule has 12 heteroatoms. The van der Waals surface area contributed by atoms with E-state index in [1.54, 1.807) is 25.1 Å². The highest BCUT2D eigenvalue weighted by molar-refractivity contribution is 7.99. The molecule has 0 fully saturated rings. The lowest BCUT2D eigenvalue weighted by Crippen LogP contribution is -2.44. The van der Waals surface area contributed by atoms with E-state index in [9.17, 15) is 23.6 Å². The van der Waals surface area contributed by atoms with E-state index in [1.807, 2.05) is 30.3 Å². The Labute approximate surface area is 227 Å². The summed E-state index contributed by atoms with van der Waals surface area (Å²) in [4.78, 5) is 55.5. The quantitative estimate of drug-likeness (QED) is 0.236. The van der Waals surface area contributed by atoms with Gasteiger partial charge in [0.2, 0.25) is 5.91 Å². The molecule has 0 bridgehead atoms. The van der Waals surface area contributed by atoms with E-state index in [-0.39, 0.29) is 41.6 Å². The molecule has 4 rings (SSSR count). The second-order valence-corrected chi connectivity index (χ2v) is 9.74. The monoisotopic (exact) mass is 553 g/mol. The number of esters is 1. The van der Waals surface area contributed by atoms with Crippen LogP contribution in [0.4, 0.5) is 4.39 Å². The average Bonchev–Trinajstić information content (AvgIpc) is 3.29. The Hall–Kier alpha value is -4.19. The molecule has 0 aliphatic carbocycles. The van der Waals surface area contributed by atoms with Crippen molar-refractivity contribution in [3.63, 3.8) is 0 Å². The fraction of sp³-hybridized carbons (Fsp3) is 0.296. The minimum atomic E-state index is -0.897. The van der Waals surface area contributed by atoms with Crippen LogP contribution in [-0.2, 0) is 41.4 Å². The summed E-state index contributed by atoms with van der Waals surface area (Å²) >= 11 is 1.01. The summed E-state index contributed by atoms with van der Waals surface area (Å²) in [5.74, 6) is -1.63. The largest absolute Gasteiger partial charge is 0.464 e. The van der Waals surface area contributed by atoms with E-state index in [2.05, 4.69) is 10.3 Å². The number of imidazole rings is 1. The van der Waals surface area contributed by atoms with Crippen molar-refractivity contribution >= 4 is 34.8 Å². The van der Waals surface area contributed by atoms with Crippen LogP contribution >= 0.6 is 11.8 Å². The lowest BCUT2D eigenvalue weighted by Gasteiger charge is -2.17. The van der Waals surface area contributed by atoms with Crippen molar-refractivity contribution in [2.75, 3.05) is 12.4 Å². The van der Waals surface area contributed by atoms with Gasteiger partial charge in [-0.2, -0.15) is 0 Å². The number of benzene rings is 2. The first-order valence-electron chi connectivity index (χ1n) is 12.2. The van der Waals surface area contributed by atoms with Crippen molar-refractivity contribution < 1.29 is 18.7 Å². The molecule has 2 heterocycles. The lowest BCUT2D eigenvalue weighted by molar-refractivity contribution is -0.147. The van der Waals surface area contributed by atoms with Crippen LogP contribution < -0.4 is 16.6 Å². The molecule has 0 aliphatic heterocycles. The second-order valence-electron chi connectivity index (χ2n) is 8.80. The first-order valence-corrected chi connectivity index (χ1v) is 13.2. The molecule has 204 valence electrons. The maximum Gasteiger partial charge on any atom is 0.332 e. The normalized spacial score (nSPS) is 11.9. The SMILES string of the molecule is CCOC(=O)C(Cc1ccccc1)NC(=O)CSc1nc2c(c(=O)n(C)c(=O)n2C)n1Cc1ccccc1F. The van der Waals surface area contributed by atoms with Crippen LogP contribution in [0.5, 0.6) is 0 Å². The highest BCUT2D eigenvalue weighted by Gasteiger charge is 2.24. The molecule has 0 radical (unpaired) electrons. The summed E-state index contributed by atoms with van der Waals surface area (Å²) in [6.45, 7) is 1.81. The number of nitrogens with one attached hydrogen (secondary N) is 1. The van der Waals surface area contributed by atoms with Crippen LogP contribution in [0.1, 0.15) is 18.1 Å². The van der Waals surface area contributed by atoms with Crippen LogP contribution in [0, 0.1) is 5.82 Å². The van der Waals surface area contributed by atoms with Crippen molar-refractivity contribution in [2.45, 2.75) is 31.1 Å². The van der Waals surface area contributed by atoms with Crippen molar-refractivity contribution in [2.24, 2.45) is 14.1 Å². The Morgan fingerprint density at radius 2 is 1.74 bits per heavy atom. The highest BCUT2D eigenvalue weighted by Crippen LogP contribution is 2.24. The van der Waals surface area contributed by atoms with E-state index in [4.69, 9.17) is 4.74 Å². The molecular weight excluding hydrogens is 525 g/mol. The van der Waals surface area contributed by atoms with Gasteiger partial charge < -0.3 is 14.6 Å². The van der Waals surface area contributed by atoms with Crippen LogP contribution in [0.25, 0.3) is 11.2 Å². The Balaban J connectivity index is 1.63. The smallest absolute Gasteiger partial charge is 0.332 e. The zero-order valence-corrected chi connectivity index (χ0v) is 22.5. The Kier molecular flexibility index (Phi) is 8.65. The molecule has 2 aromatic carbocycles. The van der Waals surface area contributed by atoms with Crippen molar-refractivity contribution in [3.05, 3.63) is 92.4 Å². The molecule has 0 spiro atoms. The first kappa shape index (κ1) is 27.8. The standard InChI is InChI=1S/C27H28FN5O5S/c1-4-38-25(36)20(14-17-10-6-5-7-11-17)29-21(34)16-39-26-30-23-22(24(35)32(3)27(37)31(23)2)33(26)15-18-12-8-9-13-19(18)28/h5-13,20H,4,14-16H2,1-3H3,(H,29,34). The number of rotatable bonds is 10. The van der Waals surface area contributed by atoms with Crippen LogP contribution in [-0.4, -0.2) is 49.0 Å². The van der Waals surface area contributed by atoms with Crippen LogP contribution in [0.15, 0.2) is 69.3 Å². The number of hydrogen-bond donors (Lipinski definition) is 1. The molecule has 1 unspecified atom stereocenters. The maximum absolute atomic E-state index is 14.5. The number of fused-ring (bicyclic) bond motifs is 1. The van der Waals surface area contributed by atoms with E-state index in [1.165, 1.54) is 29.3 Å². The summed E-state index contributed by atoms with van der Waals surface area (Å²) < 4.78 is 23.4. The molecule has 0 aliphatic rings. The summed E-state index contributed by atoms with van der Waals surface area (Å²) in [5, 5.41) is 2.97. The molecule has 1 N–H and O–H groups in total. The minimum Gasteiger partial charge on any atom is -0.464 e. The number of aryl methyl sites for hydroxylation is 1. The number of hydrogen-bond acceptors (Lipinski definition) is 7. The summed E-state index contributed by atoms with van der Waals surface area (Å²) in [6, 6.07) is 14.5. The van der Waals surface area contributed by atoms with Gasteiger partial charge in [0, 0.05) is 26.1 Å². The van der Waals surface area contributed by atoms with E-state index >= 15 is 0 Å². The fourth-order valence-electron chi connectivity index (χ4n) is 4.13. The van der Waals surface area contributed by atoms with Gasteiger partial charge >= 0.3 is 11.7 Å². The molecule has 2 aromatic heterocycles. The Bertz CT molecular complexity index is 1630. The van der Waals surface area contributed by atoms with E-state index in [0.29, 0.717) is 5.56 Å². The molecule has 1 atom stereocenters. The molecule has 4 aromatic rings. The van der Waals surface area contributed by atoms with Gasteiger partial charge in [0.25, 0.3) is 5.56 Å². The number of thioether (sulfide) groups is 1. The van der Waals surface area contributed by atoms with Gasteiger partial charge in [-0.05, 0) is 18.6 Å². The van der Waals surface area contributed by atoms with Gasteiger partial charge in [-0.15, -0.1) is 0 Å². The summed E-state index contributed by atoms with van der Waals surface area (Å²) in [5.41, 5.74) is 0.250. The van der Waals surface area contributed by atoms with Crippen molar-refractivity contribution in [3.8, 4) is 0 Å². The Morgan fingerprint density at radius 1 is 1.05 bits per heavy atom. The van der Waals surface area contributed by atoms with Crippen molar-refractivity contribution in [1.29, 1.82) is 0 Å². The van der Waals surface area contributed by atoms with Gasteiger partial charge in [0.1, 0.15) is 11.9 Å². The Morgan fingerprint density at radius 3 is 2.44 bits per heavy atom. The third-order valence-electron chi connectivity index (χ3n) is 6.12. The molecule has 10 nitrogen and oxygen atoms in total. The van der Waals surface area contributed by atoms with E-state index in [0.717, 1.165) is 21.9 Å². The highest BCUT2D eigenvalue weighted by atomic mass is 32.2. The molecule has 39 heavy (non-hydrogen) atoms. The molecule has 0 saturated heterocycles. The minimum absolute atomic E-state index is 0.0416. The van der Waals surface area contributed by atoms with Gasteiger partial charge in [-0.25, -0.2) is 19.0 Å². The van der Waals surface area contributed by atoms with Gasteiger partial charge in [-0.1, -0.05) is 60.3 Å². The van der Waals surface area contributed by atoms with Gasteiger partial charge in [0.05, 0.1) is 18.9 Å². The average molecular weight is 554 g/mol.